The number of amides is 1. The van der Waals surface area contributed by atoms with E-state index in [2.05, 4.69) is 43.5 Å². The first-order chi connectivity index (χ1) is 29.1. The largest absolute Gasteiger partial charge is 0.394 e. The molecule has 0 spiro atoms. The van der Waals surface area contributed by atoms with Crippen LogP contribution in [0.25, 0.3) is 0 Å². The number of hydrogen-bond acceptors (Lipinski definition) is 13. The van der Waals surface area contributed by atoms with E-state index in [0.717, 1.165) is 44.9 Å². The summed E-state index contributed by atoms with van der Waals surface area (Å²) in [6.07, 6.45) is 19.1. The van der Waals surface area contributed by atoms with Gasteiger partial charge in [0.1, 0.15) is 48.8 Å². The Bertz CT molecular complexity index is 1150. The third kappa shape index (κ3) is 21.5. The van der Waals surface area contributed by atoms with Gasteiger partial charge in [0.05, 0.1) is 32.0 Å². The first-order valence-electron chi connectivity index (χ1n) is 23.2. The minimum absolute atomic E-state index is 0.258. The minimum atomic E-state index is -1.79. The van der Waals surface area contributed by atoms with E-state index in [1.165, 1.54) is 77.0 Å². The van der Waals surface area contributed by atoms with Crippen molar-refractivity contribution in [3.8, 4) is 0 Å². The Labute approximate surface area is 360 Å². The fourth-order valence-electron chi connectivity index (χ4n) is 7.44. The number of carbonyl (C=O) groups is 1. The molecule has 0 bridgehead atoms. The highest BCUT2D eigenvalue weighted by Crippen LogP contribution is 2.30. The number of ether oxygens (including phenoxy) is 4. The smallest absolute Gasteiger partial charge is 0.220 e. The van der Waals surface area contributed by atoms with Crippen LogP contribution in [0.4, 0.5) is 0 Å². The number of allylic oxidation sites excluding steroid dienone is 5. The second kappa shape index (κ2) is 33.7. The van der Waals surface area contributed by atoms with Gasteiger partial charge in [0.15, 0.2) is 12.6 Å². The second-order valence-corrected chi connectivity index (χ2v) is 16.5. The Morgan fingerprint density at radius 3 is 1.63 bits per heavy atom. The Morgan fingerprint density at radius 1 is 0.583 bits per heavy atom. The molecule has 0 aliphatic carbocycles. The summed E-state index contributed by atoms with van der Waals surface area (Å²) >= 11 is 0. The summed E-state index contributed by atoms with van der Waals surface area (Å²) in [4.78, 5) is 13.1. The second-order valence-electron chi connectivity index (χ2n) is 16.5. The van der Waals surface area contributed by atoms with Crippen molar-refractivity contribution in [2.75, 3.05) is 19.8 Å². The van der Waals surface area contributed by atoms with Crippen molar-refractivity contribution in [3.05, 3.63) is 36.5 Å². The highest BCUT2D eigenvalue weighted by molar-refractivity contribution is 5.76. The number of unbranched alkanes of at least 4 members (excludes halogenated alkanes) is 17. The monoisotopic (exact) mass is 858 g/mol. The molecule has 2 fully saturated rings. The highest BCUT2D eigenvalue weighted by Gasteiger charge is 2.50. The molecule has 0 aromatic carbocycles. The van der Waals surface area contributed by atoms with Gasteiger partial charge in [0, 0.05) is 6.42 Å². The van der Waals surface area contributed by atoms with Crippen molar-refractivity contribution in [1.82, 2.24) is 5.32 Å². The zero-order valence-electron chi connectivity index (χ0n) is 36.7. The number of aliphatic hydroxyl groups is 8. The standard InChI is InChI=1S/C46H83NO13/c1-3-5-7-9-11-13-15-16-17-18-19-20-21-23-25-27-29-35(50)34(47-38(51)30-28-26-24-22-14-12-10-8-6-4-2)33-57-45-43(56)41(54)44(37(32-49)59-45)60-46-42(55)40(53)39(52)36(31-48)58-46/h16-17,20-21,27,29,34-37,39-46,48-50,52-56H,3-15,18-19,22-26,28,30-33H2,1-2H3,(H,47,51)/b17-16+,21-20+,29-27+. The van der Waals surface area contributed by atoms with Crippen LogP contribution in [-0.2, 0) is 23.7 Å². The van der Waals surface area contributed by atoms with Crippen LogP contribution in [0, 0.1) is 0 Å². The van der Waals surface area contributed by atoms with Crippen molar-refractivity contribution in [2.24, 2.45) is 0 Å². The van der Waals surface area contributed by atoms with Crippen LogP contribution in [0.5, 0.6) is 0 Å². The lowest BCUT2D eigenvalue weighted by molar-refractivity contribution is -0.359. The summed E-state index contributed by atoms with van der Waals surface area (Å²) in [6, 6.07) is -0.931. The van der Waals surface area contributed by atoms with Crippen molar-refractivity contribution >= 4 is 5.91 Å². The van der Waals surface area contributed by atoms with Crippen LogP contribution in [-0.4, -0.2) is 140 Å². The molecule has 0 aromatic heterocycles. The zero-order chi connectivity index (χ0) is 44.0. The molecule has 2 rings (SSSR count). The highest BCUT2D eigenvalue weighted by atomic mass is 16.7. The molecular weight excluding hydrogens is 774 g/mol. The van der Waals surface area contributed by atoms with Crippen LogP contribution in [0.15, 0.2) is 36.5 Å². The molecule has 14 heteroatoms. The predicted molar refractivity (Wildman–Crippen MR) is 231 cm³/mol. The average molecular weight is 858 g/mol. The van der Waals surface area contributed by atoms with Gasteiger partial charge in [-0.25, -0.2) is 0 Å². The van der Waals surface area contributed by atoms with E-state index in [1.54, 1.807) is 6.08 Å². The summed E-state index contributed by atoms with van der Waals surface area (Å²) in [7, 11) is 0. The molecule has 60 heavy (non-hydrogen) atoms. The van der Waals surface area contributed by atoms with Crippen molar-refractivity contribution in [1.29, 1.82) is 0 Å². The molecule has 0 aromatic rings. The van der Waals surface area contributed by atoms with Gasteiger partial charge in [-0.2, -0.15) is 0 Å². The molecule has 12 unspecified atom stereocenters. The van der Waals surface area contributed by atoms with E-state index in [4.69, 9.17) is 18.9 Å². The van der Waals surface area contributed by atoms with Gasteiger partial charge < -0.3 is 65.1 Å². The fraction of sp³-hybridized carbons (Fsp3) is 0.848. The van der Waals surface area contributed by atoms with E-state index in [1.807, 2.05) is 6.08 Å². The summed E-state index contributed by atoms with van der Waals surface area (Å²) < 4.78 is 22.6. The molecule has 9 N–H and O–H groups in total. The van der Waals surface area contributed by atoms with E-state index < -0.39 is 86.8 Å². The van der Waals surface area contributed by atoms with Crippen molar-refractivity contribution in [2.45, 2.75) is 229 Å². The van der Waals surface area contributed by atoms with Gasteiger partial charge in [0.25, 0.3) is 0 Å². The molecule has 0 radical (unpaired) electrons. The van der Waals surface area contributed by atoms with Gasteiger partial charge in [-0.1, -0.05) is 140 Å². The summed E-state index contributed by atoms with van der Waals surface area (Å²) in [6.45, 7) is 2.70. The third-order valence-electron chi connectivity index (χ3n) is 11.3. The van der Waals surface area contributed by atoms with E-state index in [9.17, 15) is 45.6 Å². The SMILES string of the molecule is CCCCCCCC/C=C/CC/C=C/CC/C=C/C(O)C(COC1OC(CO)C(OC2OC(CO)C(O)C(O)C2O)C(O)C1O)NC(=O)CCCCCCCCCCCC. The zero-order valence-corrected chi connectivity index (χ0v) is 36.7. The lowest BCUT2D eigenvalue weighted by atomic mass is 9.97. The van der Waals surface area contributed by atoms with Gasteiger partial charge >= 0.3 is 0 Å². The summed E-state index contributed by atoms with van der Waals surface area (Å²) in [5.41, 5.74) is 0. The molecule has 1 amide bonds. The molecule has 0 saturated carbocycles. The van der Waals surface area contributed by atoms with Crippen molar-refractivity contribution < 1.29 is 64.6 Å². The van der Waals surface area contributed by atoms with Crippen LogP contribution in [0.2, 0.25) is 0 Å². The summed E-state index contributed by atoms with van der Waals surface area (Å²) in [5, 5.41) is 86.4. The third-order valence-corrected chi connectivity index (χ3v) is 11.3. The molecule has 12 atom stereocenters. The van der Waals surface area contributed by atoms with Crippen molar-refractivity contribution in [3.63, 3.8) is 0 Å². The van der Waals surface area contributed by atoms with E-state index in [0.29, 0.717) is 12.8 Å². The molecular formula is C46H83NO13. The number of nitrogens with one attached hydrogen (secondary N) is 1. The van der Waals surface area contributed by atoms with Crippen LogP contribution < -0.4 is 5.32 Å². The molecule has 350 valence electrons. The fourth-order valence-corrected chi connectivity index (χ4v) is 7.44. The quantitative estimate of drug-likeness (QED) is 0.0315. The first kappa shape index (κ1) is 54.3. The van der Waals surface area contributed by atoms with Gasteiger partial charge in [-0.05, 0) is 44.9 Å². The topological polar surface area (TPSA) is 228 Å². The van der Waals surface area contributed by atoms with Crippen LogP contribution in [0.3, 0.4) is 0 Å². The number of aliphatic hydroxyl groups excluding tert-OH is 8. The lowest BCUT2D eigenvalue weighted by Crippen LogP contribution is -2.65. The maximum absolute atomic E-state index is 13.1. The molecule has 14 nitrogen and oxygen atoms in total. The lowest BCUT2D eigenvalue weighted by Gasteiger charge is -2.46. The number of carbonyl (C=O) groups excluding carboxylic acids is 1. The molecule has 2 saturated heterocycles. The van der Waals surface area contributed by atoms with E-state index in [-0.39, 0.29) is 18.9 Å². The first-order valence-corrected chi connectivity index (χ1v) is 23.2. The maximum Gasteiger partial charge on any atom is 0.220 e. The van der Waals surface area contributed by atoms with Crippen LogP contribution in [0.1, 0.15) is 155 Å². The maximum atomic E-state index is 13.1. The predicted octanol–water partition coefficient (Wildman–Crippen LogP) is 4.76. The average Bonchev–Trinajstić information content (AvgIpc) is 3.24. The normalized spacial score (nSPS) is 28.6. The Balaban J connectivity index is 1.92. The minimum Gasteiger partial charge on any atom is -0.394 e. The molecule has 2 heterocycles. The van der Waals surface area contributed by atoms with Gasteiger partial charge in [0.2, 0.25) is 5.91 Å². The number of hydrogen-bond donors (Lipinski definition) is 9. The van der Waals surface area contributed by atoms with Gasteiger partial charge in [-0.3, -0.25) is 4.79 Å². The Kier molecular flexibility index (Phi) is 30.5. The Morgan fingerprint density at radius 2 is 1.07 bits per heavy atom. The summed E-state index contributed by atoms with van der Waals surface area (Å²) in [5.74, 6) is -0.258. The Hall–Kier alpha value is -1.79. The molecule has 2 aliphatic heterocycles. The van der Waals surface area contributed by atoms with Gasteiger partial charge in [-0.15, -0.1) is 0 Å². The van der Waals surface area contributed by atoms with E-state index >= 15 is 0 Å². The molecule has 2 aliphatic rings. The number of rotatable bonds is 34. The van der Waals surface area contributed by atoms with Crippen LogP contribution >= 0.6 is 0 Å².